The molecule has 2 aliphatic heterocycles. The molecule has 0 aliphatic carbocycles. The molecule has 2 heterocycles. The van der Waals surface area contributed by atoms with Gasteiger partial charge in [-0.1, -0.05) is 0 Å². The van der Waals surface area contributed by atoms with E-state index in [1.807, 2.05) is 0 Å². The van der Waals surface area contributed by atoms with Gasteiger partial charge in [-0.15, -0.1) is 4.40 Å². The maximum absolute atomic E-state index is 11.9. The van der Waals surface area contributed by atoms with E-state index in [9.17, 15) is 13.2 Å². The molecule has 0 radical (unpaired) electrons. The number of rotatable bonds is 3. The van der Waals surface area contributed by atoms with Crippen molar-refractivity contribution < 1.29 is 13.2 Å². The zero-order chi connectivity index (χ0) is 13.2. The van der Waals surface area contributed by atoms with Crippen molar-refractivity contribution >= 4 is 21.8 Å². The number of allylic oxidation sites excluding steroid dienone is 2. The second-order valence-corrected chi connectivity index (χ2v) is 5.62. The quantitative estimate of drug-likeness (QED) is 0.653. The molecule has 0 aromatic carbocycles. The first kappa shape index (κ1) is 12.8. The molecule has 3 N–H and O–H groups in total. The standard InChI is InChI=1S/C10H14N4O3S/c11-3-4-12-10(15)8-2-1-5-14-6-7-18(16,17)13-9(8)14/h1-2,5H,3-4,6-7,11H2,(H,12,15). The summed E-state index contributed by atoms with van der Waals surface area (Å²) >= 11 is 0. The Morgan fingerprint density at radius 1 is 1.56 bits per heavy atom. The molecule has 7 nitrogen and oxygen atoms in total. The van der Waals surface area contributed by atoms with Gasteiger partial charge < -0.3 is 16.0 Å². The molecule has 98 valence electrons. The molecule has 0 atom stereocenters. The normalized spacial score (nSPS) is 20.8. The van der Waals surface area contributed by atoms with Crippen molar-refractivity contribution in [3.8, 4) is 0 Å². The van der Waals surface area contributed by atoms with Crippen molar-refractivity contribution in [2.45, 2.75) is 0 Å². The summed E-state index contributed by atoms with van der Waals surface area (Å²) < 4.78 is 26.6. The number of carbonyl (C=O) groups is 1. The molecule has 2 rings (SSSR count). The summed E-state index contributed by atoms with van der Waals surface area (Å²) in [6.45, 7) is 0.961. The van der Waals surface area contributed by atoms with Crippen LogP contribution in [0, 0.1) is 0 Å². The fourth-order valence-electron chi connectivity index (χ4n) is 1.67. The topological polar surface area (TPSA) is 105 Å². The Morgan fingerprint density at radius 2 is 2.33 bits per heavy atom. The summed E-state index contributed by atoms with van der Waals surface area (Å²) in [5, 5.41) is 2.59. The van der Waals surface area contributed by atoms with E-state index < -0.39 is 10.0 Å². The summed E-state index contributed by atoms with van der Waals surface area (Å²) in [6, 6.07) is 0. The second-order valence-electron chi connectivity index (χ2n) is 3.86. The largest absolute Gasteiger partial charge is 0.351 e. The molecule has 0 aromatic heterocycles. The van der Waals surface area contributed by atoms with Gasteiger partial charge in [0.1, 0.15) is 0 Å². The summed E-state index contributed by atoms with van der Waals surface area (Å²) in [4.78, 5) is 13.5. The van der Waals surface area contributed by atoms with E-state index in [1.54, 1.807) is 23.3 Å². The predicted octanol–water partition coefficient (Wildman–Crippen LogP) is -1.44. The van der Waals surface area contributed by atoms with E-state index in [2.05, 4.69) is 9.71 Å². The third kappa shape index (κ3) is 2.59. The molecule has 0 aromatic rings. The number of amides is 1. The Bertz CT molecular complexity index is 547. The van der Waals surface area contributed by atoms with E-state index >= 15 is 0 Å². The predicted molar refractivity (Wildman–Crippen MR) is 67.2 cm³/mol. The zero-order valence-corrected chi connectivity index (χ0v) is 10.5. The lowest BCUT2D eigenvalue weighted by Crippen LogP contribution is -2.42. The van der Waals surface area contributed by atoms with Gasteiger partial charge in [0.2, 0.25) is 0 Å². The Labute approximate surface area is 105 Å². The molecule has 18 heavy (non-hydrogen) atoms. The van der Waals surface area contributed by atoms with Gasteiger partial charge in [-0.3, -0.25) is 4.79 Å². The van der Waals surface area contributed by atoms with Gasteiger partial charge in [0, 0.05) is 25.8 Å². The molecule has 0 fully saturated rings. The van der Waals surface area contributed by atoms with E-state index in [1.165, 1.54) is 0 Å². The van der Waals surface area contributed by atoms with Crippen LogP contribution >= 0.6 is 0 Å². The maximum Gasteiger partial charge on any atom is 0.256 e. The lowest BCUT2D eigenvalue weighted by atomic mass is 10.1. The minimum atomic E-state index is -3.47. The average molecular weight is 270 g/mol. The number of carbonyl (C=O) groups excluding carboxylic acids is 1. The van der Waals surface area contributed by atoms with Gasteiger partial charge in [-0.05, 0) is 12.2 Å². The number of hydrogen-bond donors (Lipinski definition) is 2. The number of amidine groups is 1. The van der Waals surface area contributed by atoms with E-state index in [0.717, 1.165) is 0 Å². The molecule has 8 heteroatoms. The van der Waals surface area contributed by atoms with Crippen molar-refractivity contribution in [3.05, 3.63) is 23.9 Å². The smallest absolute Gasteiger partial charge is 0.256 e. The summed E-state index contributed by atoms with van der Waals surface area (Å²) in [6.07, 6.45) is 4.93. The minimum absolute atomic E-state index is 0.0431. The highest BCUT2D eigenvalue weighted by Gasteiger charge is 2.29. The monoisotopic (exact) mass is 270 g/mol. The fraction of sp³-hybridized carbons (Fsp3) is 0.400. The van der Waals surface area contributed by atoms with Gasteiger partial charge in [0.05, 0.1) is 11.3 Å². The SMILES string of the molecule is NCCNC(=O)C1=CC=CN2CCS(=O)(=O)N=C12. The van der Waals surface area contributed by atoms with Gasteiger partial charge in [-0.2, -0.15) is 0 Å². The molecule has 0 saturated carbocycles. The third-order valence-corrected chi connectivity index (χ3v) is 3.68. The number of hydrogen-bond acceptors (Lipinski definition) is 5. The Morgan fingerprint density at radius 3 is 3.06 bits per heavy atom. The van der Waals surface area contributed by atoms with Crippen molar-refractivity contribution in [3.63, 3.8) is 0 Å². The van der Waals surface area contributed by atoms with Gasteiger partial charge >= 0.3 is 0 Å². The fourth-order valence-corrected chi connectivity index (χ4v) is 2.66. The first-order valence-corrected chi connectivity index (χ1v) is 7.11. The number of sulfonamides is 1. The van der Waals surface area contributed by atoms with Crippen LogP contribution in [0.3, 0.4) is 0 Å². The molecular weight excluding hydrogens is 256 g/mol. The van der Waals surface area contributed by atoms with E-state index in [4.69, 9.17) is 5.73 Å². The van der Waals surface area contributed by atoms with Crippen LogP contribution in [0.25, 0.3) is 0 Å². The van der Waals surface area contributed by atoms with E-state index in [0.29, 0.717) is 19.6 Å². The highest BCUT2D eigenvalue weighted by molar-refractivity contribution is 7.90. The third-order valence-electron chi connectivity index (χ3n) is 2.53. The van der Waals surface area contributed by atoms with Gasteiger partial charge in [0.15, 0.2) is 5.84 Å². The second kappa shape index (κ2) is 4.91. The van der Waals surface area contributed by atoms with Crippen LogP contribution in [-0.4, -0.2) is 50.4 Å². The number of nitrogens with zero attached hydrogens (tertiary/aromatic N) is 2. The summed E-state index contributed by atoms with van der Waals surface area (Å²) in [7, 11) is -3.47. The van der Waals surface area contributed by atoms with Crippen LogP contribution in [0.1, 0.15) is 0 Å². The van der Waals surface area contributed by atoms with Crippen LogP contribution in [0.15, 0.2) is 28.3 Å². The van der Waals surface area contributed by atoms with Crippen molar-refractivity contribution in [2.24, 2.45) is 10.1 Å². The Hall–Kier alpha value is -1.67. The minimum Gasteiger partial charge on any atom is -0.351 e. The zero-order valence-electron chi connectivity index (χ0n) is 9.67. The van der Waals surface area contributed by atoms with Crippen LogP contribution in [0.5, 0.6) is 0 Å². The average Bonchev–Trinajstić information content (AvgIpc) is 2.34. The first-order valence-electron chi connectivity index (χ1n) is 5.50. The molecule has 0 unspecified atom stereocenters. The van der Waals surface area contributed by atoms with Crippen LogP contribution in [-0.2, 0) is 14.8 Å². The Kier molecular flexibility index (Phi) is 3.48. The van der Waals surface area contributed by atoms with Crippen LogP contribution < -0.4 is 11.1 Å². The lowest BCUT2D eigenvalue weighted by molar-refractivity contribution is -0.117. The van der Waals surface area contributed by atoms with Gasteiger partial charge in [-0.25, -0.2) is 8.42 Å². The van der Waals surface area contributed by atoms with Crippen molar-refractivity contribution in [1.82, 2.24) is 10.2 Å². The molecule has 0 bridgehead atoms. The molecule has 0 spiro atoms. The summed E-state index contributed by atoms with van der Waals surface area (Å²) in [5.74, 6) is -0.234. The molecular formula is C10H14N4O3S. The van der Waals surface area contributed by atoms with Crippen molar-refractivity contribution in [2.75, 3.05) is 25.4 Å². The molecule has 1 amide bonds. The van der Waals surface area contributed by atoms with Gasteiger partial charge in [0.25, 0.3) is 15.9 Å². The maximum atomic E-state index is 11.9. The highest BCUT2D eigenvalue weighted by atomic mass is 32.2. The number of nitrogens with two attached hydrogens (primary N) is 1. The van der Waals surface area contributed by atoms with Crippen LogP contribution in [0.2, 0.25) is 0 Å². The van der Waals surface area contributed by atoms with E-state index in [-0.39, 0.29) is 23.1 Å². The van der Waals surface area contributed by atoms with Crippen molar-refractivity contribution in [1.29, 1.82) is 0 Å². The molecule has 0 saturated heterocycles. The lowest BCUT2D eigenvalue weighted by Gasteiger charge is -2.28. The number of nitrogens with one attached hydrogen (secondary N) is 1. The highest BCUT2D eigenvalue weighted by Crippen LogP contribution is 2.17. The van der Waals surface area contributed by atoms with Crippen LogP contribution in [0.4, 0.5) is 0 Å². The Balaban J connectivity index is 2.29. The first-order chi connectivity index (χ1) is 8.53. The summed E-state index contributed by atoms with van der Waals surface area (Å²) in [5.41, 5.74) is 5.54. The number of fused-ring (bicyclic) bond motifs is 1. The molecule has 2 aliphatic rings.